The second kappa shape index (κ2) is 12.4. The van der Waals surface area contributed by atoms with E-state index in [0.717, 1.165) is 38.2 Å². The van der Waals surface area contributed by atoms with Gasteiger partial charge in [0.15, 0.2) is 27.5 Å². The van der Waals surface area contributed by atoms with Gasteiger partial charge in [0.1, 0.15) is 28.5 Å². The lowest BCUT2D eigenvalue weighted by atomic mass is 10.0. The van der Waals surface area contributed by atoms with Gasteiger partial charge >= 0.3 is 5.97 Å². The Morgan fingerprint density at radius 1 is 1.24 bits per heavy atom. The van der Waals surface area contributed by atoms with Gasteiger partial charge in [-0.05, 0) is 17.7 Å². The Morgan fingerprint density at radius 2 is 2.04 bits per heavy atom. The van der Waals surface area contributed by atoms with Crippen LogP contribution in [0, 0.1) is 0 Å². The highest BCUT2D eigenvalue weighted by Crippen LogP contribution is 2.42. The second-order valence-corrected chi connectivity index (χ2v) is 13.7. The monoisotopic (exact) mass is 687 g/mol. The molecule has 15 nitrogen and oxygen atoms in total. The van der Waals surface area contributed by atoms with E-state index in [-0.39, 0.29) is 27.9 Å². The molecule has 2 aliphatic rings. The molecule has 19 heteroatoms. The minimum absolute atomic E-state index is 0.0438. The summed E-state index contributed by atoms with van der Waals surface area (Å²) in [4.78, 5) is 65.6. The Labute approximate surface area is 269 Å². The first-order chi connectivity index (χ1) is 21.6. The van der Waals surface area contributed by atoms with Crippen LogP contribution in [0.1, 0.15) is 11.4 Å². The van der Waals surface area contributed by atoms with E-state index in [2.05, 4.69) is 20.4 Å². The number of pyridine rings is 1. The molecular formula is C26H21N7O8S4. The maximum atomic E-state index is 13.3. The third kappa shape index (κ3) is 6.06. The second-order valence-electron chi connectivity index (χ2n) is 9.50. The van der Waals surface area contributed by atoms with Gasteiger partial charge in [-0.15, -0.1) is 34.4 Å². The number of thioether (sulfide) groups is 2. The molecule has 45 heavy (non-hydrogen) atoms. The molecule has 0 unspecified atom stereocenters. The number of hydrogen-bond acceptors (Lipinski definition) is 15. The van der Waals surface area contributed by atoms with Crippen molar-refractivity contribution in [2.75, 3.05) is 17.2 Å². The molecule has 0 saturated carbocycles. The van der Waals surface area contributed by atoms with E-state index in [9.17, 15) is 34.6 Å². The summed E-state index contributed by atoms with van der Waals surface area (Å²) in [6.07, 6.45) is 0.778. The van der Waals surface area contributed by atoms with Crippen molar-refractivity contribution in [1.82, 2.24) is 24.9 Å². The Hall–Kier alpha value is -4.59. The van der Waals surface area contributed by atoms with Gasteiger partial charge in [0.25, 0.3) is 11.8 Å². The van der Waals surface area contributed by atoms with Gasteiger partial charge in [-0.25, -0.2) is 14.8 Å². The number of aromatic hydroxyl groups is 1. The maximum Gasteiger partial charge on any atom is 0.352 e. The minimum atomic E-state index is -1.25. The summed E-state index contributed by atoms with van der Waals surface area (Å²) in [5.41, 5.74) is 5.89. The van der Waals surface area contributed by atoms with Crippen molar-refractivity contribution < 1.29 is 34.6 Å². The molecule has 3 aromatic heterocycles. The fraction of sp³-hybridized carbons (Fsp3) is 0.192. The number of nitrogens with two attached hydrogens (primary N) is 1. The van der Waals surface area contributed by atoms with Crippen molar-refractivity contribution in [3.8, 4) is 5.75 Å². The molecule has 0 radical (unpaired) electrons. The van der Waals surface area contributed by atoms with E-state index in [4.69, 9.17) is 10.6 Å². The van der Waals surface area contributed by atoms with Crippen LogP contribution in [-0.2, 0) is 25.8 Å². The first kappa shape index (κ1) is 30.4. The van der Waals surface area contributed by atoms with Crippen LogP contribution >= 0.6 is 46.2 Å². The number of fused-ring (bicyclic) bond motifs is 2. The number of β-lactam (4-membered cyclic amide) rings is 1. The average Bonchev–Trinajstić information content (AvgIpc) is 3.64. The molecule has 232 valence electrons. The zero-order valence-electron chi connectivity index (χ0n) is 22.6. The molecule has 2 atom stereocenters. The fourth-order valence-corrected chi connectivity index (χ4v) is 8.59. The SMILES string of the molecule is Nc1nc(/C(=N/OCc2cc(=O)c(O)cn2O)C(=O)N[C@@H]2C(=O)N3C(C(=O)O)=C(CSc4nc5ccccc5s4)CS[C@H]23)cs1. The summed E-state index contributed by atoms with van der Waals surface area (Å²) < 4.78 is 2.27. The molecule has 1 aromatic carbocycles. The first-order valence-corrected chi connectivity index (χ1v) is 16.6. The number of nitrogens with one attached hydrogen (secondary N) is 1. The van der Waals surface area contributed by atoms with Crippen LogP contribution in [0.3, 0.4) is 0 Å². The quantitative estimate of drug-likeness (QED) is 0.0529. The molecule has 1 fully saturated rings. The first-order valence-electron chi connectivity index (χ1n) is 12.8. The number of nitrogens with zero attached hydrogens (tertiary/aromatic N) is 5. The number of para-hydroxylation sites is 1. The summed E-state index contributed by atoms with van der Waals surface area (Å²) in [5, 5.41) is 36.7. The number of aromatic nitrogens is 3. The number of rotatable bonds is 10. The van der Waals surface area contributed by atoms with Crippen LogP contribution in [0.25, 0.3) is 10.2 Å². The number of anilines is 1. The van der Waals surface area contributed by atoms with Gasteiger partial charge < -0.3 is 31.3 Å². The van der Waals surface area contributed by atoms with Crippen LogP contribution in [0.15, 0.2) is 67.5 Å². The van der Waals surface area contributed by atoms with Crippen molar-refractivity contribution in [1.29, 1.82) is 0 Å². The largest absolute Gasteiger partial charge is 0.503 e. The van der Waals surface area contributed by atoms with Gasteiger partial charge in [0.2, 0.25) is 5.43 Å². The normalized spacial score (nSPS) is 18.1. The maximum absolute atomic E-state index is 13.3. The number of oxime groups is 1. The minimum Gasteiger partial charge on any atom is -0.503 e. The number of carboxylic acid groups (broad SMARTS) is 1. The Morgan fingerprint density at radius 3 is 2.78 bits per heavy atom. The highest BCUT2D eigenvalue weighted by Gasteiger charge is 2.54. The highest BCUT2D eigenvalue weighted by molar-refractivity contribution is 8.02. The van der Waals surface area contributed by atoms with Crippen molar-refractivity contribution in [2.24, 2.45) is 5.16 Å². The number of carbonyl (C=O) groups excluding carboxylic acids is 2. The molecule has 0 aliphatic carbocycles. The molecule has 6 rings (SSSR count). The van der Waals surface area contributed by atoms with Gasteiger partial charge in [-0.2, -0.15) is 4.73 Å². The summed E-state index contributed by atoms with van der Waals surface area (Å²) in [5.74, 6) is -2.73. The molecule has 5 heterocycles. The van der Waals surface area contributed by atoms with Crippen molar-refractivity contribution >= 4 is 85.0 Å². The number of benzene rings is 1. The number of nitrogen functional groups attached to an aromatic ring is 1. The van der Waals surface area contributed by atoms with E-state index in [1.54, 1.807) is 0 Å². The summed E-state index contributed by atoms with van der Waals surface area (Å²) in [7, 11) is 0. The molecular weight excluding hydrogens is 667 g/mol. The van der Waals surface area contributed by atoms with Crippen molar-refractivity contribution in [3.05, 3.63) is 74.8 Å². The average molecular weight is 688 g/mol. The highest BCUT2D eigenvalue weighted by atomic mass is 32.2. The molecule has 2 amide bonds. The standard InChI is InChI=1S/C26H21N7O8S4/c27-25-28-14(10-43-25)18(31-41-7-12-5-15(34)16(35)6-32(12)40)21(36)30-19-22(37)33-20(24(38)39)11(8-42-23(19)33)9-44-26-29-13-3-1-2-4-17(13)45-26/h1-6,10,19,23,35,40H,7-9H2,(H2,27,28)(H,30,36)(H,38,39)/b31-18-/t19-,23-/m1/s1. The Bertz CT molecular complexity index is 1940. The Kier molecular flexibility index (Phi) is 8.40. The zero-order valence-corrected chi connectivity index (χ0v) is 25.9. The number of thiazole rings is 2. The van der Waals surface area contributed by atoms with Crippen LogP contribution < -0.4 is 16.5 Å². The van der Waals surface area contributed by atoms with Gasteiger partial charge in [0.05, 0.1) is 16.4 Å². The number of amides is 2. The third-order valence-corrected chi connectivity index (χ3v) is 10.9. The van der Waals surface area contributed by atoms with Crippen LogP contribution in [0.5, 0.6) is 5.75 Å². The zero-order chi connectivity index (χ0) is 31.8. The van der Waals surface area contributed by atoms with Gasteiger partial charge in [0, 0.05) is 23.0 Å². The number of carbonyl (C=O) groups is 3. The van der Waals surface area contributed by atoms with Crippen molar-refractivity contribution in [3.63, 3.8) is 0 Å². The number of hydrogen-bond donors (Lipinski definition) is 5. The topological polar surface area (TPSA) is 223 Å². The van der Waals surface area contributed by atoms with E-state index in [1.807, 2.05) is 24.3 Å². The van der Waals surface area contributed by atoms with E-state index in [0.29, 0.717) is 21.8 Å². The van der Waals surface area contributed by atoms with E-state index in [1.165, 1.54) is 45.1 Å². The summed E-state index contributed by atoms with van der Waals surface area (Å²) >= 11 is 5.25. The number of aliphatic carboxylic acids is 1. The molecule has 6 N–H and O–H groups in total. The molecule has 0 bridgehead atoms. The fourth-order valence-electron chi connectivity index (χ4n) is 4.49. The smallest absolute Gasteiger partial charge is 0.352 e. The third-order valence-electron chi connectivity index (χ3n) is 6.62. The van der Waals surface area contributed by atoms with Crippen LogP contribution in [0.4, 0.5) is 5.13 Å². The predicted molar refractivity (Wildman–Crippen MR) is 167 cm³/mol. The molecule has 0 spiro atoms. The van der Waals surface area contributed by atoms with Crippen LogP contribution in [-0.4, -0.2) is 81.4 Å². The Balaban J connectivity index is 1.16. The number of carboxylic acids is 1. The van der Waals surface area contributed by atoms with Crippen molar-refractivity contribution in [2.45, 2.75) is 22.4 Å². The summed E-state index contributed by atoms with van der Waals surface area (Å²) in [6, 6.07) is 7.54. The lowest BCUT2D eigenvalue weighted by molar-refractivity contribution is -0.150. The van der Waals surface area contributed by atoms with Gasteiger partial charge in [-0.1, -0.05) is 29.1 Å². The molecule has 1 saturated heterocycles. The van der Waals surface area contributed by atoms with Gasteiger partial charge in [-0.3, -0.25) is 19.3 Å². The van der Waals surface area contributed by atoms with E-state index >= 15 is 0 Å². The van der Waals surface area contributed by atoms with E-state index < -0.39 is 47.0 Å². The summed E-state index contributed by atoms with van der Waals surface area (Å²) in [6.45, 7) is -0.471. The molecule has 2 aliphatic heterocycles. The lowest BCUT2D eigenvalue weighted by Gasteiger charge is -2.49. The lowest BCUT2D eigenvalue weighted by Crippen LogP contribution is -2.71. The van der Waals surface area contributed by atoms with Crippen LogP contribution in [0.2, 0.25) is 0 Å². The molecule has 4 aromatic rings. The predicted octanol–water partition coefficient (Wildman–Crippen LogP) is 1.89.